The van der Waals surface area contributed by atoms with E-state index in [0.717, 1.165) is 11.1 Å². The minimum Gasteiger partial charge on any atom is -0.504 e. The molecule has 5 nitrogen and oxygen atoms in total. The van der Waals surface area contributed by atoms with Crippen LogP contribution < -0.4 is 10.1 Å². The molecule has 1 aliphatic heterocycles. The summed E-state index contributed by atoms with van der Waals surface area (Å²) in [5.74, 6) is 0.520. The molecule has 1 aromatic rings. The average Bonchev–Trinajstić information content (AvgIpc) is 2.37. The van der Waals surface area contributed by atoms with Crippen LogP contribution in [0.2, 0.25) is 0 Å². The summed E-state index contributed by atoms with van der Waals surface area (Å²) in [6.07, 6.45) is 0.626. The van der Waals surface area contributed by atoms with Crippen LogP contribution in [0.4, 0.5) is 0 Å². The Hall–Kier alpha value is -1.30. The van der Waals surface area contributed by atoms with Gasteiger partial charge in [-0.1, -0.05) is 6.07 Å². The maximum absolute atomic E-state index is 10.2. The lowest BCUT2D eigenvalue weighted by Gasteiger charge is -2.32. The molecule has 0 aliphatic carbocycles. The summed E-state index contributed by atoms with van der Waals surface area (Å²) in [5, 5.41) is 32.0. The van der Waals surface area contributed by atoms with Crippen LogP contribution >= 0.6 is 0 Å². The Balaban J connectivity index is 2.54. The van der Waals surface area contributed by atoms with Crippen LogP contribution in [0.25, 0.3) is 0 Å². The summed E-state index contributed by atoms with van der Waals surface area (Å²) in [6, 6.07) is 1.47. The van der Waals surface area contributed by atoms with E-state index < -0.39 is 0 Å². The number of phenolic OH excluding ortho intramolecular Hbond substituents is 1. The number of methoxy groups -OCH3 is 1. The molecular weight excluding hydrogens is 234 g/mol. The van der Waals surface area contributed by atoms with E-state index in [4.69, 9.17) is 4.74 Å². The van der Waals surface area contributed by atoms with E-state index in [1.54, 1.807) is 0 Å². The third-order valence-corrected chi connectivity index (χ3v) is 3.42. The highest BCUT2D eigenvalue weighted by atomic mass is 16.5. The van der Waals surface area contributed by atoms with Gasteiger partial charge in [0, 0.05) is 11.6 Å². The average molecular weight is 253 g/mol. The minimum absolute atomic E-state index is 0.00176. The number of phenols is 1. The van der Waals surface area contributed by atoms with Crippen molar-refractivity contribution in [1.82, 2.24) is 5.32 Å². The number of ether oxygens (including phenoxy) is 1. The first-order valence-corrected chi connectivity index (χ1v) is 5.99. The molecule has 5 heteroatoms. The number of hydrogen-bond donors (Lipinski definition) is 4. The van der Waals surface area contributed by atoms with E-state index in [1.165, 1.54) is 7.11 Å². The number of rotatable bonds is 3. The Morgan fingerprint density at radius 2 is 2.11 bits per heavy atom. The van der Waals surface area contributed by atoms with Gasteiger partial charge in [-0.25, -0.2) is 0 Å². The number of hydrogen-bond acceptors (Lipinski definition) is 5. The topological polar surface area (TPSA) is 82.0 Å². The smallest absolute Gasteiger partial charge is 0.163 e. The third kappa shape index (κ3) is 2.05. The molecule has 0 bridgehead atoms. The van der Waals surface area contributed by atoms with E-state index in [1.807, 2.05) is 13.0 Å². The first-order chi connectivity index (χ1) is 8.62. The number of aryl methyl sites for hydroxylation is 1. The molecule has 0 saturated carbocycles. The normalized spacial score (nSPS) is 22.7. The number of aliphatic hydroxyl groups is 2. The Labute approximate surface area is 106 Å². The molecule has 0 amide bonds. The summed E-state index contributed by atoms with van der Waals surface area (Å²) in [7, 11) is 1.51. The molecule has 18 heavy (non-hydrogen) atoms. The first kappa shape index (κ1) is 13.1. The van der Waals surface area contributed by atoms with Gasteiger partial charge in [0.15, 0.2) is 11.5 Å². The molecule has 1 aliphatic rings. The summed E-state index contributed by atoms with van der Waals surface area (Å²) >= 11 is 0. The van der Waals surface area contributed by atoms with Gasteiger partial charge in [0.05, 0.1) is 26.4 Å². The van der Waals surface area contributed by atoms with Gasteiger partial charge < -0.3 is 25.4 Å². The van der Waals surface area contributed by atoms with Crippen molar-refractivity contribution >= 4 is 0 Å². The zero-order valence-corrected chi connectivity index (χ0v) is 10.6. The van der Waals surface area contributed by atoms with Crippen molar-refractivity contribution in [1.29, 1.82) is 0 Å². The molecule has 1 aromatic carbocycles. The van der Waals surface area contributed by atoms with Crippen LogP contribution in [-0.2, 0) is 6.42 Å². The lowest BCUT2D eigenvalue weighted by molar-refractivity contribution is 0.181. The number of aromatic hydroxyl groups is 1. The second-order valence-electron chi connectivity index (χ2n) is 4.63. The molecule has 0 saturated heterocycles. The fourth-order valence-electron chi connectivity index (χ4n) is 2.63. The number of nitrogens with one attached hydrogen (secondary N) is 1. The van der Waals surface area contributed by atoms with Gasteiger partial charge in [-0.2, -0.15) is 0 Å². The van der Waals surface area contributed by atoms with Crippen LogP contribution in [0.5, 0.6) is 11.5 Å². The Morgan fingerprint density at radius 3 is 2.67 bits per heavy atom. The van der Waals surface area contributed by atoms with Gasteiger partial charge >= 0.3 is 0 Å². The fraction of sp³-hybridized carbons (Fsp3) is 0.538. The van der Waals surface area contributed by atoms with Crippen molar-refractivity contribution in [3.8, 4) is 11.5 Å². The molecule has 100 valence electrons. The van der Waals surface area contributed by atoms with E-state index in [0.29, 0.717) is 17.7 Å². The molecule has 0 fully saturated rings. The van der Waals surface area contributed by atoms with Crippen molar-refractivity contribution in [3.63, 3.8) is 0 Å². The number of benzene rings is 1. The molecule has 0 spiro atoms. The lowest BCUT2D eigenvalue weighted by atomic mass is 9.88. The Bertz CT molecular complexity index is 447. The van der Waals surface area contributed by atoms with Crippen LogP contribution in [-0.4, -0.2) is 41.7 Å². The van der Waals surface area contributed by atoms with Crippen LogP contribution in [0, 0.1) is 6.92 Å². The van der Waals surface area contributed by atoms with Gasteiger partial charge in [-0.05, 0) is 24.5 Å². The standard InChI is InChI=1S/C13H19NO4/c1-7-3-8-4-9(5-15)14-10(6-16)11(8)12(17)13(7)18-2/h3,9-10,14-17H,4-6H2,1-2H3/t9-,10+/m0/s1. The van der Waals surface area contributed by atoms with Gasteiger partial charge in [0.1, 0.15) is 0 Å². The van der Waals surface area contributed by atoms with Crippen molar-refractivity contribution in [3.05, 3.63) is 22.8 Å². The van der Waals surface area contributed by atoms with Gasteiger partial charge in [-0.15, -0.1) is 0 Å². The molecule has 2 atom stereocenters. The van der Waals surface area contributed by atoms with E-state index in [9.17, 15) is 15.3 Å². The van der Waals surface area contributed by atoms with Gasteiger partial charge in [0.25, 0.3) is 0 Å². The summed E-state index contributed by atoms with van der Waals surface area (Å²) in [5.41, 5.74) is 2.47. The maximum Gasteiger partial charge on any atom is 0.163 e. The zero-order chi connectivity index (χ0) is 13.3. The van der Waals surface area contributed by atoms with Crippen LogP contribution in [0.15, 0.2) is 6.07 Å². The fourth-order valence-corrected chi connectivity index (χ4v) is 2.63. The summed E-state index contributed by atoms with van der Waals surface area (Å²) in [4.78, 5) is 0. The van der Waals surface area contributed by atoms with Gasteiger partial charge in [-0.3, -0.25) is 0 Å². The van der Waals surface area contributed by atoms with Gasteiger partial charge in [0.2, 0.25) is 0 Å². The predicted octanol–water partition coefficient (Wildman–Crippen LogP) is 0.249. The highest BCUT2D eigenvalue weighted by Crippen LogP contribution is 2.41. The number of aliphatic hydroxyl groups excluding tert-OH is 2. The van der Waals surface area contributed by atoms with Crippen molar-refractivity contribution < 1.29 is 20.1 Å². The highest BCUT2D eigenvalue weighted by molar-refractivity contribution is 5.56. The maximum atomic E-state index is 10.2. The van der Waals surface area contributed by atoms with E-state index >= 15 is 0 Å². The monoisotopic (exact) mass is 253 g/mol. The Kier molecular flexibility index (Phi) is 3.75. The third-order valence-electron chi connectivity index (χ3n) is 3.42. The molecule has 0 aromatic heterocycles. The van der Waals surface area contributed by atoms with Crippen LogP contribution in [0.1, 0.15) is 22.7 Å². The first-order valence-electron chi connectivity index (χ1n) is 5.99. The molecule has 4 N–H and O–H groups in total. The predicted molar refractivity (Wildman–Crippen MR) is 66.9 cm³/mol. The lowest BCUT2D eigenvalue weighted by Crippen LogP contribution is -2.43. The summed E-state index contributed by atoms with van der Waals surface area (Å²) < 4.78 is 5.18. The molecule has 0 radical (unpaired) electrons. The quantitative estimate of drug-likeness (QED) is 0.621. The molecule has 0 unspecified atom stereocenters. The number of fused-ring (bicyclic) bond motifs is 1. The Morgan fingerprint density at radius 1 is 1.39 bits per heavy atom. The summed E-state index contributed by atoms with van der Waals surface area (Å²) in [6.45, 7) is 1.73. The minimum atomic E-state index is -0.375. The molecule has 1 heterocycles. The highest BCUT2D eigenvalue weighted by Gasteiger charge is 2.30. The second kappa shape index (κ2) is 5.14. The second-order valence-corrected chi connectivity index (χ2v) is 4.63. The molecule has 2 rings (SSSR count). The van der Waals surface area contributed by atoms with Crippen molar-refractivity contribution in [2.75, 3.05) is 20.3 Å². The van der Waals surface area contributed by atoms with Crippen molar-refractivity contribution in [2.45, 2.75) is 25.4 Å². The SMILES string of the molecule is COc1c(C)cc2c(c1O)[C@@H](CO)N[C@H](CO)C2. The van der Waals surface area contributed by atoms with E-state index in [2.05, 4.69) is 5.32 Å². The largest absolute Gasteiger partial charge is 0.504 e. The van der Waals surface area contributed by atoms with E-state index in [-0.39, 0.29) is 31.0 Å². The van der Waals surface area contributed by atoms with Crippen molar-refractivity contribution in [2.24, 2.45) is 0 Å². The zero-order valence-electron chi connectivity index (χ0n) is 10.6. The van der Waals surface area contributed by atoms with Crippen LogP contribution in [0.3, 0.4) is 0 Å². The molecular formula is C13H19NO4.